The van der Waals surface area contributed by atoms with Crippen LogP contribution in [0.4, 0.5) is 11.4 Å². The van der Waals surface area contributed by atoms with Crippen molar-refractivity contribution in [2.45, 2.75) is 6.92 Å². The summed E-state index contributed by atoms with van der Waals surface area (Å²) in [6, 6.07) is 16.2. The number of nitriles is 1. The van der Waals surface area contributed by atoms with Crippen LogP contribution in [0, 0.1) is 18.3 Å². The molecule has 0 atom stereocenters. The fraction of sp³-hybridized carbons (Fsp3) is 0.133. The van der Waals surface area contributed by atoms with E-state index in [1.54, 1.807) is 0 Å². The lowest BCUT2D eigenvalue weighted by atomic mass is 10.1. The molecule has 0 N–H and O–H groups in total. The van der Waals surface area contributed by atoms with Crippen molar-refractivity contribution in [3.63, 3.8) is 0 Å². The van der Waals surface area contributed by atoms with Gasteiger partial charge in [0.05, 0.1) is 11.3 Å². The lowest BCUT2D eigenvalue weighted by Crippen LogP contribution is -2.10. The number of nitrogens with zero attached hydrogens (tertiary/aromatic N) is 2. The Morgan fingerprint density at radius 2 is 1.78 bits per heavy atom. The van der Waals surface area contributed by atoms with Crippen molar-refractivity contribution in [2.24, 2.45) is 0 Å². The Morgan fingerprint density at radius 1 is 1.11 bits per heavy atom. The molecule has 2 nitrogen and oxygen atoms in total. The van der Waals surface area contributed by atoms with Crippen LogP contribution in [-0.4, -0.2) is 7.05 Å². The van der Waals surface area contributed by atoms with Gasteiger partial charge in [-0.2, -0.15) is 5.26 Å². The Kier molecular flexibility index (Phi) is 3.69. The quantitative estimate of drug-likeness (QED) is 0.822. The molecule has 0 aliphatic heterocycles. The molecular formula is C15H13BrN2. The third-order valence-corrected chi connectivity index (χ3v) is 3.35. The van der Waals surface area contributed by atoms with Crippen LogP contribution in [0.25, 0.3) is 0 Å². The summed E-state index contributed by atoms with van der Waals surface area (Å²) in [5, 5.41) is 9.19. The van der Waals surface area contributed by atoms with Gasteiger partial charge in [0.25, 0.3) is 0 Å². The predicted molar refractivity (Wildman–Crippen MR) is 78.1 cm³/mol. The second-order valence-corrected chi connectivity index (χ2v) is 5.08. The van der Waals surface area contributed by atoms with E-state index < -0.39 is 0 Å². The second kappa shape index (κ2) is 5.24. The van der Waals surface area contributed by atoms with E-state index in [1.165, 1.54) is 5.56 Å². The highest BCUT2D eigenvalue weighted by molar-refractivity contribution is 9.10. The largest absolute Gasteiger partial charge is 0.344 e. The van der Waals surface area contributed by atoms with Gasteiger partial charge in [-0.3, -0.25) is 0 Å². The molecule has 0 saturated carbocycles. The van der Waals surface area contributed by atoms with Crippen molar-refractivity contribution < 1.29 is 0 Å². The number of rotatable bonds is 2. The summed E-state index contributed by atoms with van der Waals surface area (Å²) < 4.78 is 0.917. The highest BCUT2D eigenvalue weighted by Gasteiger charge is 2.09. The van der Waals surface area contributed by atoms with Crippen LogP contribution in [0.1, 0.15) is 11.1 Å². The summed E-state index contributed by atoms with van der Waals surface area (Å²) in [5.41, 5.74) is 3.86. The van der Waals surface area contributed by atoms with Crippen LogP contribution in [-0.2, 0) is 0 Å². The monoisotopic (exact) mass is 300 g/mol. The van der Waals surface area contributed by atoms with E-state index in [2.05, 4.69) is 53.2 Å². The summed E-state index contributed by atoms with van der Waals surface area (Å²) in [7, 11) is 1.97. The standard InChI is InChI=1S/C15H13BrN2/c1-11-3-6-14(7-4-11)18(2)15-8-5-13(16)9-12(15)10-17/h3-9H,1-2H3. The average molecular weight is 301 g/mol. The van der Waals surface area contributed by atoms with Crippen molar-refractivity contribution in [1.82, 2.24) is 0 Å². The van der Waals surface area contributed by atoms with Gasteiger partial charge in [0, 0.05) is 17.2 Å². The maximum Gasteiger partial charge on any atom is 0.101 e. The van der Waals surface area contributed by atoms with Crippen LogP contribution < -0.4 is 4.90 Å². The van der Waals surface area contributed by atoms with Gasteiger partial charge in [-0.25, -0.2) is 0 Å². The molecule has 0 aliphatic rings. The first-order chi connectivity index (χ1) is 8.61. The van der Waals surface area contributed by atoms with Gasteiger partial charge in [-0.1, -0.05) is 33.6 Å². The van der Waals surface area contributed by atoms with E-state index in [1.807, 2.05) is 30.1 Å². The molecule has 0 amide bonds. The van der Waals surface area contributed by atoms with Gasteiger partial charge >= 0.3 is 0 Å². The molecule has 3 heteroatoms. The molecule has 0 spiro atoms. The van der Waals surface area contributed by atoms with Gasteiger partial charge in [0.1, 0.15) is 6.07 Å². The van der Waals surface area contributed by atoms with Crippen LogP contribution >= 0.6 is 15.9 Å². The van der Waals surface area contributed by atoms with Crippen LogP contribution in [0.15, 0.2) is 46.9 Å². The Bertz CT molecular complexity index is 597. The van der Waals surface area contributed by atoms with Gasteiger partial charge in [0.15, 0.2) is 0 Å². The predicted octanol–water partition coefficient (Wildman–Crippen LogP) is 4.40. The zero-order chi connectivity index (χ0) is 13.1. The number of anilines is 2. The lowest BCUT2D eigenvalue weighted by Gasteiger charge is -2.21. The molecule has 0 bridgehead atoms. The van der Waals surface area contributed by atoms with Crippen molar-refractivity contribution in [3.8, 4) is 6.07 Å². The summed E-state index contributed by atoms with van der Waals surface area (Å²) in [5.74, 6) is 0. The molecule has 0 fully saturated rings. The Hall–Kier alpha value is -1.79. The molecule has 2 aromatic carbocycles. The molecule has 0 radical (unpaired) electrons. The maximum atomic E-state index is 9.19. The van der Waals surface area contributed by atoms with E-state index in [4.69, 9.17) is 0 Å². The number of halogens is 1. The number of hydrogen-bond donors (Lipinski definition) is 0. The minimum atomic E-state index is 0.660. The number of aryl methyl sites for hydroxylation is 1. The Balaban J connectivity index is 2.43. The summed E-state index contributed by atoms with van der Waals surface area (Å²) in [6.45, 7) is 2.06. The summed E-state index contributed by atoms with van der Waals surface area (Å²) in [4.78, 5) is 2.02. The minimum Gasteiger partial charge on any atom is -0.344 e. The average Bonchev–Trinajstić information content (AvgIpc) is 2.38. The summed E-state index contributed by atoms with van der Waals surface area (Å²) >= 11 is 3.38. The molecular weight excluding hydrogens is 288 g/mol. The fourth-order valence-electron chi connectivity index (χ4n) is 1.80. The zero-order valence-electron chi connectivity index (χ0n) is 10.3. The van der Waals surface area contributed by atoms with Crippen molar-refractivity contribution >= 4 is 27.3 Å². The summed E-state index contributed by atoms with van der Waals surface area (Å²) in [6.07, 6.45) is 0. The van der Waals surface area contributed by atoms with E-state index in [0.29, 0.717) is 5.56 Å². The first kappa shape index (κ1) is 12.7. The highest BCUT2D eigenvalue weighted by atomic mass is 79.9. The molecule has 0 saturated heterocycles. The zero-order valence-corrected chi connectivity index (χ0v) is 11.9. The second-order valence-electron chi connectivity index (χ2n) is 4.17. The first-order valence-electron chi connectivity index (χ1n) is 5.62. The van der Waals surface area contributed by atoms with E-state index in [-0.39, 0.29) is 0 Å². The SMILES string of the molecule is Cc1ccc(N(C)c2ccc(Br)cc2C#N)cc1. The number of benzene rings is 2. The Labute approximate surface area is 116 Å². The molecule has 0 heterocycles. The topological polar surface area (TPSA) is 27.0 Å². The lowest BCUT2D eigenvalue weighted by molar-refractivity contribution is 1.19. The van der Waals surface area contributed by atoms with Crippen LogP contribution in [0.3, 0.4) is 0 Å². The highest BCUT2D eigenvalue weighted by Crippen LogP contribution is 2.28. The Morgan fingerprint density at radius 3 is 2.39 bits per heavy atom. The molecule has 0 aliphatic carbocycles. The van der Waals surface area contributed by atoms with Gasteiger partial charge in [-0.15, -0.1) is 0 Å². The van der Waals surface area contributed by atoms with Gasteiger partial charge in [-0.05, 0) is 37.3 Å². The van der Waals surface area contributed by atoms with Crippen molar-refractivity contribution in [3.05, 3.63) is 58.1 Å². The molecule has 0 aromatic heterocycles. The minimum absolute atomic E-state index is 0.660. The van der Waals surface area contributed by atoms with E-state index >= 15 is 0 Å². The normalized spacial score (nSPS) is 9.89. The first-order valence-corrected chi connectivity index (χ1v) is 6.41. The van der Waals surface area contributed by atoms with Crippen LogP contribution in [0.5, 0.6) is 0 Å². The number of hydrogen-bond acceptors (Lipinski definition) is 2. The maximum absolute atomic E-state index is 9.19. The molecule has 0 unspecified atom stereocenters. The smallest absolute Gasteiger partial charge is 0.101 e. The third kappa shape index (κ3) is 2.55. The molecule has 2 aromatic rings. The van der Waals surface area contributed by atoms with E-state index in [0.717, 1.165) is 15.8 Å². The molecule has 2 rings (SSSR count). The molecule has 18 heavy (non-hydrogen) atoms. The third-order valence-electron chi connectivity index (χ3n) is 2.86. The van der Waals surface area contributed by atoms with Crippen molar-refractivity contribution in [2.75, 3.05) is 11.9 Å². The van der Waals surface area contributed by atoms with Gasteiger partial charge in [0.2, 0.25) is 0 Å². The molecule has 90 valence electrons. The van der Waals surface area contributed by atoms with Gasteiger partial charge < -0.3 is 4.90 Å². The van der Waals surface area contributed by atoms with E-state index in [9.17, 15) is 5.26 Å². The van der Waals surface area contributed by atoms with Crippen LogP contribution in [0.2, 0.25) is 0 Å². The fourth-order valence-corrected chi connectivity index (χ4v) is 2.16. The van der Waals surface area contributed by atoms with Crippen molar-refractivity contribution in [1.29, 1.82) is 5.26 Å².